The molecule has 0 spiro atoms. The van der Waals surface area contributed by atoms with Crippen LogP contribution in [-0.4, -0.2) is 15.9 Å². The van der Waals surface area contributed by atoms with Crippen molar-refractivity contribution in [2.24, 2.45) is 0 Å². The number of ether oxygens (including phenoxy) is 1. The lowest BCUT2D eigenvalue weighted by molar-refractivity contribution is 0.102. The summed E-state index contributed by atoms with van der Waals surface area (Å²) >= 11 is 0. The zero-order valence-electron chi connectivity index (χ0n) is 17.5. The Morgan fingerprint density at radius 2 is 1.82 bits per heavy atom. The fourth-order valence-electron chi connectivity index (χ4n) is 3.29. The lowest BCUT2D eigenvalue weighted by Crippen LogP contribution is -2.12. The number of nitrogens with zero attached hydrogens (tertiary/aromatic N) is 2. The van der Waals surface area contributed by atoms with Crippen molar-refractivity contribution < 1.29 is 13.9 Å². The Hall–Kier alpha value is -4.16. The SMILES string of the molecule is Cl.O=C(Nc1ccc2oc(-c3cccnc3)nc2c1)c1cccc(OCc2ccccc2)c1. The van der Waals surface area contributed by atoms with Crippen LogP contribution in [0.1, 0.15) is 15.9 Å². The van der Waals surface area contributed by atoms with Gasteiger partial charge in [0.2, 0.25) is 5.89 Å². The zero-order valence-corrected chi connectivity index (χ0v) is 18.3. The number of carbonyl (C=O) groups excluding carboxylic acids is 1. The smallest absolute Gasteiger partial charge is 0.255 e. The molecular formula is C26H20ClN3O3. The number of amides is 1. The standard InChI is InChI=1S/C26H19N3O3.ClH/c30-25(19-8-4-10-22(14-19)31-17-18-6-2-1-3-7-18)28-21-11-12-24-23(15-21)29-26(32-24)20-9-5-13-27-16-20;/h1-16H,17H2,(H,28,30);1H. The maximum atomic E-state index is 12.8. The number of rotatable bonds is 6. The quantitative estimate of drug-likeness (QED) is 0.331. The van der Waals surface area contributed by atoms with Crippen LogP contribution >= 0.6 is 12.4 Å². The number of benzene rings is 3. The van der Waals surface area contributed by atoms with E-state index in [-0.39, 0.29) is 18.3 Å². The fourth-order valence-corrected chi connectivity index (χ4v) is 3.29. The summed E-state index contributed by atoms with van der Waals surface area (Å²) in [5.41, 5.74) is 4.28. The van der Waals surface area contributed by atoms with Crippen molar-refractivity contribution in [3.8, 4) is 17.2 Å². The molecule has 1 N–H and O–H groups in total. The number of fused-ring (bicyclic) bond motifs is 1. The summed E-state index contributed by atoms with van der Waals surface area (Å²) in [6.07, 6.45) is 3.39. The highest BCUT2D eigenvalue weighted by molar-refractivity contribution is 6.05. The number of halogens is 1. The van der Waals surface area contributed by atoms with Gasteiger partial charge in [-0.05, 0) is 54.1 Å². The highest BCUT2D eigenvalue weighted by atomic mass is 35.5. The molecule has 5 aromatic rings. The third-order valence-electron chi connectivity index (χ3n) is 4.90. The third-order valence-corrected chi connectivity index (χ3v) is 4.90. The van der Waals surface area contributed by atoms with Crippen molar-refractivity contribution in [2.45, 2.75) is 6.61 Å². The van der Waals surface area contributed by atoms with Gasteiger partial charge in [-0.1, -0.05) is 36.4 Å². The molecular weight excluding hydrogens is 438 g/mol. The molecule has 0 fully saturated rings. The Balaban J connectivity index is 0.00000259. The molecule has 0 radical (unpaired) electrons. The van der Waals surface area contributed by atoms with Gasteiger partial charge in [-0.2, -0.15) is 0 Å². The van der Waals surface area contributed by atoms with Gasteiger partial charge in [0.25, 0.3) is 5.91 Å². The van der Waals surface area contributed by atoms with Crippen LogP contribution in [0.25, 0.3) is 22.6 Å². The predicted octanol–water partition coefficient (Wildman–Crippen LogP) is 6.14. The number of hydrogen-bond donors (Lipinski definition) is 1. The lowest BCUT2D eigenvalue weighted by atomic mass is 10.2. The molecule has 2 aromatic heterocycles. The van der Waals surface area contributed by atoms with Crippen LogP contribution < -0.4 is 10.1 Å². The summed E-state index contributed by atoms with van der Waals surface area (Å²) in [7, 11) is 0. The van der Waals surface area contributed by atoms with Crippen LogP contribution in [-0.2, 0) is 6.61 Å². The first-order valence-corrected chi connectivity index (χ1v) is 10.1. The Kier molecular flexibility index (Phi) is 6.66. The Morgan fingerprint density at radius 3 is 2.64 bits per heavy atom. The molecule has 33 heavy (non-hydrogen) atoms. The molecule has 0 saturated carbocycles. The van der Waals surface area contributed by atoms with Gasteiger partial charge >= 0.3 is 0 Å². The molecule has 2 heterocycles. The summed E-state index contributed by atoms with van der Waals surface area (Å²) in [5.74, 6) is 0.889. The van der Waals surface area contributed by atoms with Gasteiger partial charge in [0.05, 0.1) is 5.56 Å². The summed E-state index contributed by atoms with van der Waals surface area (Å²) in [6, 6.07) is 26.1. The lowest BCUT2D eigenvalue weighted by Gasteiger charge is -2.09. The van der Waals surface area contributed by atoms with Crippen LogP contribution in [0.15, 0.2) is 102 Å². The van der Waals surface area contributed by atoms with Crippen LogP contribution in [0.4, 0.5) is 5.69 Å². The second kappa shape index (κ2) is 9.97. The number of nitrogens with one attached hydrogen (secondary N) is 1. The fraction of sp³-hybridized carbons (Fsp3) is 0.0385. The Morgan fingerprint density at radius 1 is 0.939 bits per heavy atom. The van der Waals surface area contributed by atoms with Gasteiger partial charge < -0.3 is 14.5 Å². The third kappa shape index (κ3) is 5.19. The van der Waals surface area contributed by atoms with Crippen molar-refractivity contribution >= 4 is 35.1 Å². The van der Waals surface area contributed by atoms with E-state index in [9.17, 15) is 4.79 Å². The Bertz CT molecular complexity index is 1370. The minimum Gasteiger partial charge on any atom is -0.489 e. The molecule has 3 aromatic carbocycles. The maximum Gasteiger partial charge on any atom is 0.255 e. The van der Waals surface area contributed by atoms with Crippen molar-refractivity contribution in [1.29, 1.82) is 0 Å². The van der Waals surface area contributed by atoms with E-state index in [0.717, 1.165) is 11.1 Å². The molecule has 0 unspecified atom stereocenters. The number of carbonyl (C=O) groups is 1. The highest BCUT2D eigenvalue weighted by Gasteiger charge is 2.11. The van der Waals surface area contributed by atoms with Crippen molar-refractivity contribution in [2.75, 3.05) is 5.32 Å². The first-order valence-electron chi connectivity index (χ1n) is 10.1. The first kappa shape index (κ1) is 22.0. The molecule has 0 aliphatic heterocycles. The highest BCUT2D eigenvalue weighted by Crippen LogP contribution is 2.26. The first-order chi connectivity index (χ1) is 15.7. The van der Waals surface area contributed by atoms with E-state index in [0.29, 0.717) is 40.6 Å². The molecule has 0 saturated heterocycles. The van der Waals surface area contributed by atoms with Gasteiger partial charge in [0, 0.05) is 23.6 Å². The average Bonchev–Trinajstić information content (AvgIpc) is 3.28. The van der Waals surface area contributed by atoms with E-state index in [1.807, 2.05) is 48.5 Å². The number of hydrogen-bond acceptors (Lipinski definition) is 5. The molecule has 7 heteroatoms. The molecule has 164 valence electrons. The second-order valence-corrected chi connectivity index (χ2v) is 7.20. The molecule has 5 rings (SSSR count). The molecule has 0 aliphatic carbocycles. The van der Waals surface area contributed by atoms with Gasteiger partial charge in [-0.25, -0.2) is 4.98 Å². The predicted molar refractivity (Wildman–Crippen MR) is 130 cm³/mol. The molecule has 0 atom stereocenters. The van der Waals surface area contributed by atoms with E-state index in [2.05, 4.69) is 15.3 Å². The summed E-state index contributed by atoms with van der Waals surface area (Å²) in [6.45, 7) is 0.438. The van der Waals surface area contributed by atoms with Crippen LogP contribution in [0.3, 0.4) is 0 Å². The van der Waals surface area contributed by atoms with E-state index in [1.54, 1.807) is 48.8 Å². The number of aromatic nitrogens is 2. The summed E-state index contributed by atoms with van der Waals surface area (Å²) in [5, 5.41) is 2.91. The molecule has 1 amide bonds. The topological polar surface area (TPSA) is 77.3 Å². The van der Waals surface area contributed by atoms with E-state index in [4.69, 9.17) is 9.15 Å². The largest absolute Gasteiger partial charge is 0.489 e. The minimum atomic E-state index is -0.231. The Labute approximate surface area is 196 Å². The number of anilines is 1. The minimum absolute atomic E-state index is 0. The molecule has 6 nitrogen and oxygen atoms in total. The van der Waals surface area contributed by atoms with Crippen LogP contribution in [0.5, 0.6) is 5.75 Å². The maximum absolute atomic E-state index is 12.8. The van der Waals surface area contributed by atoms with Crippen LogP contribution in [0.2, 0.25) is 0 Å². The van der Waals surface area contributed by atoms with E-state index >= 15 is 0 Å². The van der Waals surface area contributed by atoms with Gasteiger partial charge in [0.1, 0.15) is 17.9 Å². The second-order valence-electron chi connectivity index (χ2n) is 7.20. The molecule has 0 aliphatic rings. The molecule has 0 bridgehead atoms. The zero-order chi connectivity index (χ0) is 21.8. The van der Waals surface area contributed by atoms with Crippen molar-refractivity contribution in [3.63, 3.8) is 0 Å². The number of pyridine rings is 1. The monoisotopic (exact) mass is 457 g/mol. The van der Waals surface area contributed by atoms with E-state index in [1.165, 1.54) is 0 Å². The van der Waals surface area contributed by atoms with Crippen LogP contribution in [0, 0.1) is 0 Å². The van der Waals surface area contributed by atoms with Gasteiger partial charge in [-0.15, -0.1) is 12.4 Å². The van der Waals surface area contributed by atoms with Gasteiger partial charge in [0.15, 0.2) is 5.58 Å². The normalized spacial score (nSPS) is 10.4. The number of oxazole rings is 1. The van der Waals surface area contributed by atoms with E-state index < -0.39 is 0 Å². The summed E-state index contributed by atoms with van der Waals surface area (Å²) < 4.78 is 11.6. The average molecular weight is 458 g/mol. The summed E-state index contributed by atoms with van der Waals surface area (Å²) in [4.78, 5) is 21.4. The van der Waals surface area contributed by atoms with Crippen molar-refractivity contribution in [3.05, 3.63) is 108 Å². The van der Waals surface area contributed by atoms with Crippen molar-refractivity contribution in [1.82, 2.24) is 9.97 Å². The van der Waals surface area contributed by atoms with Gasteiger partial charge in [-0.3, -0.25) is 9.78 Å².